The van der Waals surface area contributed by atoms with E-state index in [2.05, 4.69) is 23.1 Å². The third-order valence-electron chi connectivity index (χ3n) is 5.23. The van der Waals surface area contributed by atoms with E-state index in [1.54, 1.807) is 0 Å². The zero-order chi connectivity index (χ0) is 17.9. The van der Waals surface area contributed by atoms with Crippen LogP contribution in [0.2, 0.25) is 5.02 Å². The molecular formula is C21H23ClN2O2. The number of carbonyl (C=O) groups is 1. The summed E-state index contributed by atoms with van der Waals surface area (Å²) in [6, 6.07) is 16.2. The fourth-order valence-corrected chi connectivity index (χ4v) is 3.85. The molecule has 0 spiro atoms. The number of halogens is 1. The van der Waals surface area contributed by atoms with E-state index in [0.717, 1.165) is 43.2 Å². The molecule has 5 heteroatoms. The molecule has 1 atom stereocenters. The van der Waals surface area contributed by atoms with Gasteiger partial charge in [0.2, 0.25) is 5.91 Å². The van der Waals surface area contributed by atoms with E-state index in [1.807, 2.05) is 35.2 Å². The van der Waals surface area contributed by atoms with Crippen LogP contribution < -0.4 is 0 Å². The molecule has 2 heterocycles. The van der Waals surface area contributed by atoms with Crippen LogP contribution in [0.3, 0.4) is 0 Å². The number of hydrogen-bond donors (Lipinski definition) is 0. The molecule has 0 N–H and O–H groups in total. The van der Waals surface area contributed by atoms with E-state index in [1.165, 1.54) is 11.1 Å². The molecule has 4 nitrogen and oxygen atoms in total. The van der Waals surface area contributed by atoms with Crippen LogP contribution in [0, 0.1) is 0 Å². The summed E-state index contributed by atoms with van der Waals surface area (Å²) in [5.41, 5.74) is 3.75. The van der Waals surface area contributed by atoms with Crippen LogP contribution in [0.25, 0.3) is 0 Å². The van der Waals surface area contributed by atoms with Gasteiger partial charge in [-0.2, -0.15) is 0 Å². The summed E-state index contributed by atoms with van der Waals surface area (Å²) in [6.07, 6.45) is 0.939. The molecule has 2 aromatic carbocycles. The first-order chi connectivity index (χ1) is 12.7. The Morgan fingerprint density at radius 1 is 1.08 bits per heavy atom. The lowest BCUT2D eigenvalue weighted by atomic mass is 10.00. The molecule has 26 heavy (non-hydrogen) atoms. The number of benzene rings is 2. The lowest BCUT2D eigenvalue weighted by Gasteiger charge is -2.35. The van der Waals surface area contributed by atoms with Gasteiger partial charge in [-0.05, 0) is 35.2 Å². The molecule has 2 aliphatic heterocycles. The number of ether oxygens (including phenoxy) is 1. The third-order valence-corrected chi connectivity index (χ3v) is 5.49. The van der Waals surface area contributed by atoms with Gasteiger partial charge >= 0.3 is 0 Å². The van der Waals surface area contributed by atoms with Gasteiger partial charge in [0.05, 0.1) is 19.3 Å². The number of nitrogens with zero attached hydrogens (tertiary/aromatic N) is 2. The van der Waals surface area contributed by atoms with Gasteiger partial charge in [-0.15, -0.1) is 0 Å². The molecule has 4 rings (SSSR count). The van der Waals surface area contributed by atoms with Gasteiger partial charge in [-0.1, -0.05) is 48.0 Å². The molecule has 0 saturated carbocycles. The maximum absolute atomic E-state index is 12.8. The SMILES string of the molecule is O=C(CN1CCO[C@@H](c2ccc(Cl)cc2)C1)N1CCc2ccccc2C1. The van der Waals surface area contributed by atoms with Crippen LogP contribution in [0.5, 0.6) is 0 Å². The molecule has 136 valence electrons. The second-order valence-corrected chi connectivity index (χ2v) is 7.42. The Kier molecular flexibility index (Phi) is 5.25. The number of amides is 1. The van der Waals surface area contributed by atoms with E-state index < -0.39 is 0 Å². The van der Waals surface area contributed by atoms with Crippen molar-refractivity contribution in [3.63, 3.8) is 0 Å². The Morgan fingerprint density at radius 2 is 1.85 bits per heavy atom. The number of hydrogen-bond acceptors (Lipinski definition) is 3. The highest BCUT2D eigenvalue weighted by molar-refractivity contribution is 6.30. The maximum atomic E-state index is 12.8. The van der Waals surface area contributed by atoms with Crippen molar-refractivity contribution >= 4 is 17.5 Å². The molecule has 0 bridgehead atoms. The molecule has 2 aliphatic rings. The lowest BCUT2D eigenvalue weighted by Crippen LogP contribution is -2.46. The summed E-state index contributed by atoms with van der Waals surface area (Å²) in [6.45, 7) is 4.15. The van der Waals surface area contributed by atoms with Crippen molar-refractivity contribution in [2.45, 2.75) is 19.1 Å². The van der Waals surface area contributed by atoms with Crippen LogP contribution in [0.4, 0.5) is 0 Å². The normalized spacial score (nSPS) is 20.7. The fraction of sp³-hybridized carbons (Fsp3) is 0.381. The summed E-state index contributed by atoms with van der Waals surface area (Å²) >= 11 is 5.97. The predicted molar refractivity (Wildman–Crippen MR) is 102 cm³/mol. The van der Waals surface area contributed by atoms with Gasteiger partial charge < -0.3 is 9.64 Å². The average Bonchev–Trinajstić information content (AvgIpc) is 2.68. The number of carbonyl (C=O) groups excluding carboxylic acids is 1. The van der Waals surface area contributed by atoms with Gasteiger partial charge in [-0.25, -0.2) is 0 Å². The fourth-order valence-electron chi connectivity index (χ4n) is 3.73. The second kappa shape index (κ2) is 7.78. The topological polar surface area (TPSA) is 32.8 Å². The maximum Gasteiger partial charge on any atom is 0.237 e. The van der Waals surface area contributed by atoms with Gasteiger partial charge in [0.25, 0.3) is 0 Å². The first-order valence-corrected chi connectivity index (χ1v) is 9.51. The molecular weight excluding hydrogens is 348 g/mol. The minimum Gasteiger partial charge on any atom is -0.371 e. The highest BCUT2D eigenvalue weighted by atomic mass is 35.5. The molecule has 0 unspecified atom stereocenters. The predicted octanol–water partition coefficient (Wildman–Crippen LogP) is 3.30. The Bertz CT molecular complexity index is 778. The third kappa shape index (κ3) is 3.93. The van der Waals surface area contributed by atoms with E-state index in [4.69, 9.17) is 16.3 Å². The van der Waals surface area contributed by atoms with Crippen LogP contribution >= 0.6 is 11.6 Å². The molecule has 0 radical (unpaired) electrons. The molecule has 2 aromatic rings. The average molecular weight is 371 g/mol. The van der Waals surface area contributed by atoms with Gasteiger partial charge in [-0.3, -0.25) is 9.69 Å². The Morgan fingerprint density at radius 3 is 2.65 bits per heavy atom. The van der Waals surface area contributed by atoms with Crippen molar-refractivity contribution in [2.75, 3.05) is 32.8 Å². The van der Waals surface area contributed by atoms with Crippen LogP contribution in [-0.4, -0.2) is 48.5 Å². The van der Waals surface area contributed by atoms with Crippen molar-refractivity contribution in [3.8, 4) is 0 Å². The molecule has 1 fully saturated rings. The lowest BCUT2D eigenvalue weighted by molar-refractivity contribution is -0.135. The molecule has 1 saturated heterocycles. The largest absolute Gasteiger partial charge is 0.371 e. The van der Waals surface area contributed by atoms with Gasteiger partial charge in [0.1, 0.15) is 0 Å². The zero-order valence-corrected chi connectivity index (χ0v) is 15.5. The summed E-state index contributed by atoms with van der Waals surface area (Å²) in [4.78, 5) is 17.0. The second-order valence-electron chi connectivity index (χ2n) is 6.98. The van der Waals surface area contributed by atoms with Crippen molar-refractivity contribution < 1.29 is 9.53 Å². The van der Waals surface area contributed by atoms with Crippen molar-refractivity contribution in [3.05, 3.63) is 70.2 Å². The van der Waals surface area contributed by atoms with E-state index in [-0.39, 0.29) is 12.0 Å². The van der Waals surface area contributed by atoms with Crippen LogP contribution in [0.15, 0.2) is 48.5 Å². The van der Waals surface area contributed by atoms with E-state index in [9.17, 15) is 4.79 Å². The van der Waals surface area contributed by atoms with E-state index >= 15 is 0 Å². The van der Waals surface area contributed by atoms with Crippen molar-refractivity contribution in [2.24, 2.45) is 0 Å². The minimum absolute atomic E-state index is 0.00380. The van der Waals surface area contributed by atoms with Crippen molar-refractivity contribution in [1.82, 2.24) is 9.80 Å². The quantitative estimate of drug-likeness (QED) is 0.831. The highest BCUT2D eigenvalue weighted by Gasteiger charge is 2.26. The summed E-state index contributed by atoms with van der Waals surface area (Å²) in [5.74, 6) is 0.205. The Labute approximate surface area is 159 Å². The first-order valence-electron chi connectivity index (χ1n) is 9.13. The Hall–Kier alpha value is -1.88. The molecule has 0 aliphatic carbocycles. The summed E-state index contributed by atoms with van der Waals surface area (Å²) < 4.78 is 5.90. The zero-order valence-electron chi connectivity index (χ0n) is 14.7. The van der Waals surface area contributed by atoms with Gasteiger partial charge in [0.15, 0.2) is 0 Å². The first kappa shape index (κ1) is 17.5. The molecule has 1 amide bonds. The molecule has 0 aromatic heterocycles. The van der Waals surface area contributed by atoms with Crippen LogP contribution in [-0.2, 0) is 22.5 Å². The monoisotopic (exact) mass is 370 g/mol. The van der Waals surface area contributed by atoms with Gasteiger partial charge in [0, 0.05) is 31.2 Å². The number of rotatable bonds is 3. The number of morpholine rings is 1. The standard InChI is InChI=1S/C21H23ClN2O2/c22-19-7-5-17(6-8-19)20-14-23(11-12-26-20)15-21(25)24-10-9-16-3-1-2-4-18(16)13-24/h1-8,20H,9-15H2/t20-/m1/s1. The van der Waals surface area contributed by atoms with E-state index in [0.29, 0.717) is 13.2 Å². The van der Waals surface area contributed by atoms with Crippen molar-refractivity contribution in [1.29, 1.82) is 0 Å². The van der Waals surface area contributed by atoms with Crippen LogP contribution in [0.1, 0.15) is 22.8 Å². The summed E-state index contributed by atoms with van der Waals surface area (Å²) in [5, 5.41) is 0.724. The summed E-state index contributed by atoms with van der Waals surface area (Å²) in [7, 11) is 0. The Balaban J connectivity index is 1.36. The smallest absolute Gasteiger partial charge is 0.237 e. The highest BCUT2D eigenvalue weighted by Crippen LogP contribution is 2.24. The number of fused-ring (bicyclic) bond motifs is 1. The minimum atomic E-state index is -0.00380.